The Labute approximate surface area is 118 Å². The highest BCUT2D eigenvalue weighted by Crippen LogP contribution is 2.26. The van der Waals surface area contributed by atoms with Crippen LogP contribution in [0, 0.1) is 19.3 Å². The van der Waals surface area contributed by atoms with Gasteiger partial charge in [0.05, 0.1) is 17.5 Å². The summed E-state index contributed by atoms with van der Waals surface area (Å²) in [6, 6.07) is 1.74. The maximum absolute atomic E-state index is 7.63. The van der Waals surface area contributed by atoms with E-state index in [1.54, 1.807) is 25.4 Å². The van der Waals surface area contributed by atoms with Gasteiger partial charge in [-0.25, -0.2) is 0 Å². The Morgan fingerprint density at radius 1 is 1.32 bits per heavy atom. The van der Waals surface area contributed by atoms with Gasteiger partial charge in [-0.3, -0.25) is 10.4 Å². The largest absolute Gasteiger partial charge is 0.435 e. The monoisotopic (exact) mass is 321 g/mol. The van der Waals surface area contributed by atoms with Gasteiger partial charge in [0, 0.05) is 10.7 Å². The molecule has 2 rings (SSSR count). The smallest absolute Gasteiger partial charge is 0.250 e. The first-order valence-corrected chi connectivity index (χ1v) is 6.25. The molecule has 2 aromatic heterocycles. The van der Waals surface area contributed by atoms with E-state index in [-0.39, 0.29) is 11.7 Å². The summed E-state index contributed by atoms with van der Waals surface area (Å²) in [4.78, 5) is 3.99. The molecule has 19 heavy (non-hydrogen) atoms. The van der Waals surface area contributed by atoms with E-state index in [1.165, 1.54) is 0 Å². The van der Waals surface area contributed by atoms with Crippen LogP contribution in [0.15, 0.2) is 22.9 Å². The summed E-state index contributed by atoms with van der Waals surface area (Å²) in [6.45, 7) is 3.63. The molecule has 0 unspecified atom stereocenters. The Bertz CT molecular complexity index is 644. The lowest BCUT2D eigenvalue weighted by atomic mass is 10.1. The van der Waals surface area contributed by atoms with Crippen LogP contribution in [-0.4, -0.2) is 21.0 Å². The molecular weight excluding hydrogens is 310 g/mol. The van der Waals surface area contributed by atoms with E-state index in [2.05, 4.69) is 31.1 Å². The second-order valence-electron chi connectivity index (χ2n) is 3.95. The van der Waals surface area contributed by atoms with Gasteiger partial charge in [0.15, 0.2) is 0 Å². The lowest BCUT2D eigenvalue weighted by molar-refractivity contribution is 0.450. The minimum Gasteiger partial charge on any atom is -0.435 e. The van der Waals surface area contributed by atoms with Crippen molar-refractivity contribution in [3.8, 4) is 11.6 Å². The Balaban J connectivity index is 2.46. The van der Waals surface area contributed by atoms with Crippen molar-refractivity contribution in [2.75, 3.05) is 0 Å². The van der Waals surface area contributed by atoms with Crippen LogP contribution in [0.2, 0.25) is 0 Å². The number of rotatable bonds is 3. The summed E-state index contributed by atoms with van der Waals surface area (Å²) in [5, 5.41) is 15.6. The summed E-state index contributed by atoms with van der Waals surface area (Å²) in [5.41, 5.74) is 7.52. The number of nitrogen functional groups attached to an aromatic ring is 1. The summed E-state index contributed by atoms with van der Waals surface area (Å²) >= 11 is 3.30. The number of nitrogens with one attached hydrogen (secondary N) is 1. The van der Waals surface area contributed by atoms with Crippen molar-refractivity contribution < 1.29 is 4.74 Å². The zero-order valence-electron chi connectivity index (χ0n) is 10.4. The second-order valence-corrected chi connectivity index (χ2v) is 4.86. The number of halogens is 1. The topological polar surface area (TPSA) is 97.8 Å². The van der Waals surface area contributed by atoms with E-state index in [1.807, 2.05) is 6.92 Å². The molecule has 2 heterocycles. The summed E-state index contributed by atoms with van der Waals surface area (Å²) < 4.78 is 6.38. The molecular formula is C12H12BrN5O. The predicted octanol–water partition coefficient (Wildman–Crippen LogP) is 2.33. The minimum atomic E-state index is -0.103. The van der Waals surface area contributed by atoms with Crippen LogP contribution in [0.1, 0.15) is 16.8 Å². The van der Waals surface area contributed by atoms with Gasteiger partial charge in [0.25, 0.3) is 0 Å². The third-order valence-corrected chi connectivity index (χ3v) is 3.02. The van der Waals surface area contributed by atoms with Crippen molar-refractivity contribution in [2.24, 2.45) is 5.73 Å². The average Bonchev–Trinajstić information content (AvgIpc) is 2.33. The molecule has 0 atom stereocenters. The maximum atomic E-state index is 7.63. The molecule has 6 nitrogen and oxygen atoms in total. The van der Waals surface area contributed by atoms with Gasteiger partial charge in [-0.05, 0) is 41.4 Å². The van der Waals surface area contributed by atoms with Gasteiger partial charge in [-0.2, -0.15) is 5.10 Å². The highest BCUT2D eigenvalue weighted by atomic mass is 79.9. The Morgan fingerprint density at radius 3 is 2.68 bits per heavy atom. The number of pyridine rings is 1. The molecule has 0 aliphatic rings. The number of nitrogens with zero attached hydrogens (tertiary/aromatic N) is 3. The molecule has 0 aliphatic carbocycles. The van der Waals surface area contributed by atoms with Crippen molar-refractivity contribution in [1.82, 2.24) is 15.2 Å². The first kappa shape index (κ1) is 13.4. The molecule has 0 aliphatic heterocycles. The number of aryl methyl sites for hydroxylation is 1. The molecule has 7 heteroatoms. The fourth-order valence-electron chi connectivity index (χ4n) is 1.54. The van der Waals surface area contributed by atoms with Gasteiger partial charge in [0.1, 0.15) is 11.6 Å². The van der Waals surface area contributed by atoms with Gasteiger partial charge >= 0.3 is 0 Å². The van der Waals surface area contributed by atoms with Crippen LogP contribution in [0.5, 0.6) is 11.6 Å². The van der Waals surface area contributed by atoms with E-state index in [0.717, 1.165) is 10.0 Å². The molecule has 2 aromatic rings. The number of hydrogen-bond acceptors (Lipinski definition) is 5. The molecule has 0 spiro atoms. The van der Waals surface area contributed by atoms with Crippen molar-refractivity contribution in [3.05, 3.63) is 39.8 Å². The molecule has 0 aromatic carbocycles. The third-order valence-electron chi connectivity index (χ3n) is 2.59. The van der Waals surface area contributed by atoms with Crippen molar-refractivity contribution in [1.29, 1.82) is 5.41 Å². The first-order valence-electron chi connectivity index (χ1n) is 5.45. The first-order chi connectivity index (χ1) is 8.99. The van der Waals surface area contributed by atoms with Crippen LogP contribution in [-0.2, 0) is 0 Å². The Hall–Kier alpha value is -2.02. The predicted molar refractivity (Wildman–Crippen MR) is 74.5 cm³/mol. The fraction of sp³-hybridized carbons (Fsp3) is 0.167. The Morgan fingerprint density at radius 2 is 2.05 bits per heavy atom. The molecule has 0 saturated heterocycles. The van der Waals surface area contributed by atoms with Crippen molar-refractivity contribution in [3.63, 3.8) is 0 Å². The number of nitrogens with two attached hydrogens (primary N) is 1. The van der Waals surface area contributed by atoms with Gasteiger partial charge < -0.3 is 10.5 Å². The van der Waals surface area contributed by atoms with Crippen LogP contribution >= 0.6 is 15.9 Å². The zero-order valence-corrected chi connectivity index (χ0v) is 12.0. The molecule has 98 valence electrons. The minimum absolute atomic E-state index is 0.103. The SMILES string of the molecule is Cc1nnc(Oc2cncc(Br)c2)c(C(=N)N)c1C. The normalized spacial score (nSPS) is 10.3. The molecule has 0 saturated carbocycles. The van der Waals surface area contributed by atoms with Gasteiger partial charge in [0.2, 0.25) is 5.88 Å². The number of ether oxygens (including phenoxy) is 1. The zero-order chi connectivity index (χ0) is 14.0. The molecule has 0 amide bonds. The standard InChI is InChI=1S/C12H12BrN5O/c1-6-7(2)17-18-12(10(6)11(14)15)19-9-3-8(13)4-16-5-9/h3-5H,1-2H3,(H3,14,15). The summed E-state index contributed by atoms with van der Waals surface area (Å²) in [5.74, 6) is 0.596. The molecule has 3 N–H and O–H groups in total. The average molecular weight is 322 g/mol. The summed E-state index contributed by atoms with van der Waals surface area (Å²) in [7, 11) is 0. The number of amidine groups is 1. The van der Waals surface area contributed by atoms with Crippen LogP contribution < -0.4 is 10.5 Å². The summed E-state index contributed by atoms with van der Waals surface area (Å²) in [6.07, 6.45) is 3.19. The van der Waals surface area contributed by atoms with Crippen molar-refractivity contribution >= 4 is 21.8 Å². The van der Waals surface area contributed by atoms with Gasteiger partial charge in [-0.15, -0.1) is 5.10 Å². The van der Waals surface area contributed by atoms with Crippen LogP contribution in [0.25, 0.3) is 0 Å². The second kappa shape index (κ2) is 5.31. The van der Waals surface area contributed by atoms with E-state index >= 15 is 0 Å². The van der Waals surface area contributed by atoms with E-state index in [0.29, 0.717) is 17.0 Å². The quantitative estimate of drug-likeness (QED) is 0.667. The molecule has 0 radical (unpaired) electrons. The Kier molecular flexibility index (Phi) is 3.75. The molecule has 0 bridgehead atoms. The highest BCUT2D eigenvalue weighted by molar-refractivity contribution is 9.10. The van der Waals surface area contributed by atoms with Gasteiger partial charge in [-0.1, -0.05) is 0 Å². The van der Waals surface area contributed by atoms with Crippen LogP contribution in [0.3, 0.4) is 0 Å². The highest BCUT2D eigenvalue weighted by Gasteiger charge is 2.16. The lowest BCUT2D eigenvalue weighted by Crippen LogP contribution is -2.16. The number of aromatic nitrogens is 3. The fourth-order valence-corrected chi connectivity index (χ4v) is 1.88. The maximum Gasteiger partial charge on any atom is 0.250 e. The lowest BCUT2D eigenvalue weighted by Gasteiger charge is -2.11. The van der Waals surface area contributed by atoms with E-state index in [9.17, 15) is 0 Å². The third kappa shape index (κ3) is 2.87. The van der Waals surface area contributed by atoms with E-state index in [4.69, 9.17) is 15.9 Å². The molecule has 0 fully saturated rings. The van der Waals surface area contributed by atoms with E-state index < -0.39 is 0 Å². The number of hydrogen-bond donors (Lipinski definition) is 2. The van der Waals surface area contributed by atoms with Crippen molar-refractivity contribution in [2.45, 2.75) is 13.8 Å². The van der Waals surface area contributed by atoms with Crippen LogP contribution in [0.4, 0.5) is 0 Å².